The molecule has 0 fully saturated rings. The molecule has 0 radical (unpaired) electrons. The summed E-state index contributed by atoms with van der Waals surface area (Å²) in [5, 5.41) is 0. The lowest BCUT2D eigenvalue weighted by molar-refractivity contribution is 0.0970. The van der Waals surface area contributed by atoms with Crippen molar-refractivity contribution in [3.63, 3.8) is 0 Å². The third-order valence-electron chi connectivity index (χ3n) is 7.07. The molecule has 5 nitrogen and oxygen atoms in total. The number of imidazole rings is 1. The van der Waals surface area contributed by atoms with Crippen molar-refractivity contribution in [3.05, 3.63) is 112 Å². The van der Waals surface area contributed by atoms with Gasteiger partial charge in [0.1, 0.15) is 18.1 Å². The average molecular weight is 481 g/mol. The first kappa shape index (κ1) is 23.9. The predicted octanol–water partition coefficient (Wildman–Crippen LogP) is 6.78. The van der Waals surface area contributed by atoms with Crippen molar-refractivity contribution in [1.82, 2.24) is 9.97 Å². The van der Waals surface area contributed by atoms with Crippen molar-refractivity contribution >= 4 is 5.78 Å². The molecule has 1 heterocycles. The van der Waals surface area contributed by atoms with Gasteiger partial charge in [0.05, 0.1) is 0 Å². The maximum absolute atomic E-state index is 12.8. The Kier molecular flexibility index (Phi) is 6.40. The molecule has 0 bridgehead atoms. The fourth-order valence-electron chi connectivity index (χ4n) is 5.32. The van der Waals surface area contributed by atoms with Crippen LogP contribution in [0.3, 0.4) is 0 Å². The molecule has 36 heavy (non-hydrogen) atoms. The average Bonchev–Trinajstić information content (AvgIpc) is 3.41. The Morgan fingerprint density at radius 3 is 2.44 bits per heavy atom. The molecule has 184 valence electrons. The summed E-state index contributed by atoms with van der Waals surface area (Å²) < 4.78 is 13.3. The number of hydrogen-bond acceptors (Lipinski definition) is 4. The Morgan fingerprint density at radius 2 is 1.75 bits per heavy atom. The van der Waals surface area contributed by atoms with Crippen molar-refractivity contribution in [2.24, 2.45) is 0 Å². The van der Waals surface area contributed by atoms with Gasteiger partial charge < -0.3 is 14.5 Å². The number of benzene rings is 3. The summed E-state index contributed by atoms with van der Waals surface area (Å²) in [4.78, 5) is 20.6. The van der Waals surface area contributed by atoms with E-state index in [9.17, 15) is 4.79 Å². The number of H-pyrrole nitrogens is 1. The highest BCUT2D eigenvalue weighted by molar-refractivity contribution is 5.99. The van der Waals surface area contributed by atoms with E-state index in [1.54, 1.807) is 12.4 Å². The van der Waals surface area contributed by atoms with E-state index in [2.05, 4.69) is 42.9 Å². The van der Waals surface area contributed by atoms with Crippen LogP contribution in [-0.2, 0) is 18.6 Å². The van der Waals surface area contributed by atoms with Crippen molar-refractivity contribution in [2.75, 3.05) is 0 Å². The predicted molar refractivity (Wildman–Crippen MR) is 141 cm³/mol. The van der Waals surface area contributed by atoms with Crippen LogP contribution in [0, 0.1) is 20.8 Å². The van der Waals surface area contributed by atoms with Gasteiger partial charge in [-0.05, 0) is 69.4 Å². The number of nitrogens with one attached hydrogen (secondary N) is 1. The van der Waals surface area contributed by atoms with Crippen LogP contribution < -0.4 is 9.47 Å². The van der Waals surface area contributed by atoms with Gasteiger partial charge in [-0.15, -0.1) is 0 Å². The van der Waals surface area contributed by atoms with Gasteiger partial charge in [-0.3, -0.25) is 4.79 Å². The minimum Gasteiger partial charge on any atom is -0.488 e. The number of ketones is 1. The van der Waals surface area contributed by atoms with Crippen LogP contribution in [0.25, 0.3) is 0 Å². The molecular formula is C31H32N2O3. The SMILES string of the molecule is Cc1cc(C)c(OCc2c(O[C@@](C)(c3ccccc3)c3ncc[nH]3)ccc3c2CCCC3=O)c(C)c1. The maximum Gasteiger partial charge on any atom is 0.188 e. The first-order valence-corrected chi connectivity index (χ1v) is 12.5. The highest BCUT2D eigenvalue weighted by Gasteiger charge is 2.35. The molecule has 0 saturated carbocycles. The van der Waals surface area contributed by atoms with Crippen LogP contribution >= 0.6 is 0 Å². The molecule has 1 aliphatic carbocycles. The molecule has 4 aromatic rings. The Labute approximate surface area is 212 Å². The number of rotatable bonds is 7. The van der Waals surface area contributed by atoms with Crippen molar-refractivity contribution < 1.29 is 14.3 Å². The molecule has 0 amide bonds. The topological polar surface area (TPSA) is 64.2 Å². The molecular weight excluding hydrogens is 448 g/mol. The van der Waals surface area contributed by atoms with E-state index >= 15 is 0 Å². The van der Waals surface area contributed by atoms with Crippen LogP contribution in [-0.4, -0.2) is 15.8 Å². The molecule has 0 spiro atoms. The first-order chi connectivity index (χ1) is 17.4. The highest BCUT2D eigenvalue weighted by atomic mass is 16.5. The fourth-order valence-corrected chi connectivity index (χ4v) is 5.32. The van der Waals surface area contributed by atoms with Gasteiger partial charge in [-0.1, -0.05) is 48.0 Å². The zero-order chi connectivity index (χ0) is 25.3. The summed E-state index contributed by atoms with van der Waals surface area (Å²) in [5.41, 5.74) is 6.26. The molecule has 0 saturated heterocycles. The number of nitrogens with zero attached hydrogens (tertiary/aromatic N) is 1. The molecule has 1 N–H and O–H groups in total. The number of Topliss-reactive ketones (excluding diaryl/α,β-unsaturated/α-hetero) is 1. The van der Waals surface area contributed by atoms with E-state index in [1.165, 1.54) is 5.56 Å². The smallest absolute Gasteiger partial charge is 0.188 e. The molecule has 5 rings (SSSR count). The standard InChI is InChI=1S/C31H32N2O3/c1-20-17-21(2)29(22(3)18-20)35-19-26-24-11-8-12-27(34)25(24)13-14-28(26)36-31(4,30-32-15-16-33-30)23-9-6-5-7-10-23/h5-7,9-10,13-18H,8,11-12,19H2,1-4H3,(H,32,33)/t31-/m0/s1. The second-order valence-electron chi connectivity index (χ2n) is 9.80. The Bertz CT molecular complexity index is 1370. The van der Waals surface area contributed by atoms with Crippen molar-refractivity contribution in [2.45, 2.75) is 59.2 Å². The molecule has 1 atom stereocenters. The largest absolute Gasteiger partial charge is 0.488 e. The molecule has 1 aliphatic rings. The number of hydrogen-bond donors (Lipinski definition) is 1. The summed E-state index contributed by atoms with van der Waals surface area (Å²) in [6, 6.07) is 18.2. The van der Waals surface area contributed by atoms with Gasteiger partial charge in [0.15, 0.2) is 17.2 Å². The van der Waals surface area contributed by atoms with E-state index in [1.807, 2.05) is 49.4 Å². The van der Waals surface area contributed by atoms with Crippen LogP contribution in [0.5, 0.6) is 11.5 Å². The second-order valence-corrected chi connectivity index (χ2v) is 9.80. The van der Waals surface area contributed by atoms with Gasteiger partial charge in [0.25, 0.3) is 0 Å². The van der Waals surface area contributed by atoms with Gasteiger partial charge in [-0.25, -0.2) is 4.98 Å². The lowest BCUT2D eigenvalue weighted by Crippen LogP contribution is -2.33. The van der Waals surface area contributed by atoms with Gasteiger partial charge in [-0.2, -0.15) is 0 Å². The lowest BCUT2D eigenvalue weighted by Gasteiger charge is -2.32. The number of carbonyl (C=O) groups is 1. The molecule has 5 heteroatoms. The van der Waals surface area contributed by atoms with Crippen molar-refractivity contribution in [1.29, 1.82) is 0 Å². The van der Waals surface area contributed by atoms with Crippen LogP contribution in [0.4, 0.5) is 0 Å². The highest BCUT2D eigenvalue weighted by Crippen LogP contribution is 2.39. The van der Waals surface area contributed by atoms with Crippen LogP contribution in [0.15, 0.2) is 67.0 Å². The van der Waals surface area contributed by atoms with E-state index in [-0.39, 0.29) is 5.78 Å². The first-order valence-electron chi connectivity index (χ1n) is 12.5. The minimum atomic E-state index is -0.859. The monoisotopic (exact) mass is 480 g/mol. The Morgan fingerprint density at radius 1 is 1.00 bits per heavy atom. The van der Waals surface area contributed by atoms with Crippen molar-refractivity contribution in [3.8, 4) is 11.5 Å². The Hall–Kier alpha value is -3.86. The number of aromatic amines is 1. The quantitative estimate of drug-likeness (QED) is 0.317. The summed E-state index contributed by atoms with van der Waals surface area (Å²) >= 11 is 0. The lowest BCUT2D eigenvalue weighted by atomic mass is 9.86. The maximum atomic E-state index is 12.8. The number of aromatic nitrogens is 2. The van der Waals surface area contributed by atoms with E-state index < -0.39 is 5.60 Å². The molecule has 3 aromatic carbocycles. The molecule has 0 unspecified atom stereocenters. The van der Waals surface area contributed by atoms with E-state index in [0.717, 1.165) is 52.0 Å². The minimum absolute atomic E-state index is 0.184. The number of fused-ring (bicyclic) bond motifs is 1. The fraction of sp³-hybridized carbons (Fsp3) is 0.290. The van der Waals surface area contributed by atoms with Gasteiger partial charge in [0.2, 0.25) is 0 Å². The zero-order valence-electron chi connectivity index (χ0n) is 21.4. The van der Waals surface area contributed by atoms with Gasteiger partial charge in [0, 0.05) is 35.5 Å². The number of carbonyl (C=O) groups excluding carboxylic acids is 1. The summed E-state index contributed by atoms with van der Waals surface area (Å²) in [6.07, 6.45) is 5.78. The number of aryl methyl sites for hydroxylation is 3. The normalized spacial score (nSPS) is 14.7. The third-order valence-corrected chi connectivity index (χ3v) is 7.07. The van der Waals surface area contributed by atoms with Crippen LogP contribution in [0.2, 0.25) is 0 Å². The van der Waals surface area contributed by atoms with Gasteiger partial charge >= 0.3 is 0 Å². The number of ether oxygens (including phenoxy) is 2. The second kappa shape index (κ2) is 9.65. The van der Waals surface area contributed by atoms with E-state index in [4.69, 9.17) is 9.47 Å². The third kappa shape index (κ3) is 4.41. The van der Waals surface area contributed by atoms with Crippen LogP contribution in [0.1, 0.15) is 69.3 Å². The Balaban J connectivity index is 1.59. The molecule has 1 aromatic heterocycles. The zero-order valence-corrected chi connectivity index (χ0v) is 21.4. The summed E-state index contributed by atoms with van der Waals surface area (Å²) in [5.74, 6) is 2.47. The summed E-state index contributed by atoms with van der Waals surface area (Å²) in [7, 11) is 0. The summed E-state index contributed by atoms with van der Waals surface area (Å²) in [6.45, 7) is 8.57. The van der Waals surface area contributed by atoms with E-state index in [0.29, 0.717) is 24.6 Å². The molecule has 0 aliphatic heterocycles.